The lowest BCUT2D eigenvalue weighted by Crippen LogP contribution is -2.38. The Morgan fingerprint density at radius 1 is 0.885 bits per heavy atom. The first kappa shape index (κ1) is 39.5. The summed E-state index contributed by atoms with van der Waals surface area (Å²) in [5.41, 5.74) is 12.0. The lowest BCUT2D eigenvalue weighted by atomic mass is 9.63. The molecule has 5 aliphatic rings. The van der Waals surface area contributed by atoms with Crippen molar-refractivity contribution >= 4 is 12.2 Å². The number of fused-ring (bicyclic) bond motifs is 8. The molecule has 5 atom stereocenters. The van der Waals surface area contributed by atoms with E-state index in [9.17, 15) is 15.3 Å². The molecule has 0 unspecified atom stereocenters. The number of aliphatic hydroxyl groups excluding tert-OH is 1. The summed E-state index contributed by atoms with van der Waals surface area (Å²) in [5, 5.41) is 41.8. The maximum Gasteiger partial charge on any atom is 0.160 e. The number of phenols is 2. The Hall–Kier alpha value is -5.65. The minimum absolute atomic E-state index is 0.0118. The van der Waals surface area contributed by atoms with Gasteiger partial charge in [0.2, 0.25) is 0 Å². The highest BCUT2D eigenvalue weighted by Gasteiger charge is 2.45. The number of ether oxygens (including phenoxy) is 4. The molecule has 5 aromatic carbocycles. The van der Waals surface area contributed by atoms with Crippen molar-refractivity contribution in [2.75, 3.05) is 47.1 Å². The van der Waals surface area contributed by atoms with Crippen LogP contribution < -0.4 is 35.4 Å². The quantitative estimate of drug-likeness (QED) is 0.0701. The van der Waals surface area contributed by atoms with Crippen LogP contribution in [0.2, 0.25) is 0 Å². The fraction of sp³-hybridized carbons (Fsp3) is 0.353. The number of rotatable bonds is 13. The number of benzene rings is 5. The second-order valence-electron chi connectivity index (χ2n) is 16.9. The average Bonchev–Trinajstić information content (AvgIpc) is 3.77. The molecule has 5 N–H and O–H groups in total. The Balaban J connectivity index is 1.11. The Labute approximate surface area is 356 Å². The number of hydrogen-bond donors (Lipinski definition) is 5. The first-order valence-corrected chi connectivity index (χ1v) is 21.7. The lowest BCUT2D eigenvalue weighted by molar-refractivity contribution is -0.0436. The summed E-state index contributed by atoms with van der Waals surface area (Å²) in [7, 11) is 3.41. The van der Waals surface area contributed by atoms with Gasteiger partial charge in [-0.2, -0.15) is 0 Å². The third-order valence-corrected chi connectivity index (χ3v) is 13.3. The summed E-state index contributed by atoms with van der Waals surface area (Å²) < 4.78 is 26.1. The van der Waals surface area contributed by atoms with E-state index in [1.54, 1.807) is 13.2 Å². The zero-order valence-corrected chi connectivity index (χ0v) is 34.7. The van der Waals surface area contributed by atoms with Crippen LogP contribution in [-0.4, -0.2) is 74.7 Å². The van der Waals surface area contributed by atoms with E-state index in [4.69, 9.17) is 23.9 Å². The Bertz CT molecular complexity index is 2640. The first-order chi connectivity index (χ1) is 29.9. The molecule has 0 saturated carbocycles. The fourth-order valence-corrected chi connectivity index (χ4v) is 10.5. The Kier molecular flexibility index (Phi) is 10.8. The topological polar surface area (TPSA) is 134 Å². The summed E-state index contributed by atoms with van der Waals surface area (Å²) in [6.45, 7) is 2.47. The maximum atomic E-state index is 11.7. The van der Waals surface area contributed by atoms with Crippen LogP contribution in [0.25, 0.3) is 23.3 Å². The van der Waals surface area contributed by atoms with Gasteiger partial charge >= 0.3 is 0 Å². The number of nitrogens with one attached hydrogen (secondary N) is 2. The smallest absolute Gasteiger partial charge is 0.160 e. The molecule has 0 saturated heterocycles. The highest BCUT2D eigenvalue weighted by atomic mass is 16.6. The molecular formula is C51H53N3O7. The van der Waals surface area contributed by atoms with Crippen LogP contribution in [0, 0.1) is 0 Å². The molecule has 10 heteroatoms. The molecule has 0 amide bonds. The van der Waals surface area contributed by atoms with Gasteiger partial charge in [0.15, 0.2) is 17.6 Å². The molecule has 314 valence electrons. The Morgan fingerprint density at radius 2 is 1.74 bits per heavy atom. The molecular weight excluding hydrogens is 767 g/mol. The molecule has 10 rings (SSSR count). The van der Waals surface area contributed by atoms with Crippen LogP contribution in [0.1, 0.15) is 75.3 Å². The number of phenolic OH excluding ortho intramolecular Hbond substituents is 2. The van der Waals surface area contributed by atoms with Crippen LogP contribution in [0.4, 0.5) is 0 Å². The number of nitrogens with zero attached hydrogens (tertiary/aromatic N) is 1. The third-order valence-electron chi connectivity index (χ3n) is 13.3. The van der Waals surface area contributed by atoms with Gasteiger partial charge in [-0.25, -0.2) is 0 Å². The van der Waals surface area contributed by atoms with E-state index < -0.39 is 6.10 Å². The largest absolute Gasteiger partial charge is 0.507 e. The van der Waals surface area contributed by atoms with Crippen molar-refractivity contribution in [3.05, 3.63) is 140 Å². The van der Waals surface area contributed by atoms with Gasteiger partial charge in [-0.05, 0) is 132 Å². The molecule has 3 heterocycles. The van der Waals surface area contributed by atoms with Crippen LogP contribution in [-0.2, 0) is 30.4 Å². The number of aryl methyl sites for hydroxylation is 1. The fourth-order valence-electron chi connectivity index (χ4n) is 10.5. The van der Waals surface area contributed by atoms with Crippen molar-refractivity contribution in [1.82, 2.24) is 10.6 Å². The predicted octanol–water partition coefficient (Wildman–Crippen LogP) is 6.15. The van der Waals surface area contributed by atoms with Crippen LogP contribution in [0.5, 0.6) is 28.7 Å². The molecule has 2 aliphatic carbocycles. The molecule has 0 bridgehead atoms. The van der Waals surface area contributed by atoms with Crippen molar-refractivity contribution in [1.29, 1.82) is 0 Å². The maximum absolute atomic E-state index is 11.7. The highest BCUT2D eigenvalue weighted by molar-refractivity contribution is 5.89. The van der Waals surface area contributed by atoms with E-state index in [1.807, 2.05) is 25.2 Å². The number of hydrogen-bond acceptors (Lipinski definition) is 10. The highest BCUT2D eigenvalue weighted by Crippen LogP contribution is 2.60. The monoisotopic (exact) mass is 819 g/mol. The van der Waals surface area contributed by atoms with E-state index in [1.165, 1.54) is 16.7 Å². The Morgan fingerprint density at radius 3 is 2.57 bits per heavy atom. The normalized spacial score (nSPS) is 21.6. The zero-order chi connectivity index (χ0) is 41.6. The van der Waals surface area contributed by atoms with Gasteiger partial charge in [-0.1, -0.05) is 54.6 Å². The second kappa shape index (κ2) is 16.7. The van der Waals surface area contributed by atoms with Crippen molar-refractivity contribution in [3.8, 4) is 39.9 Å². The molecule has 10 nitrogen and oxygen atoms in total. The van der Waals surface area contributed by atoms with Gasteiger partial charge in [0, 0.05) is 41.1 Å². The first-order valence-electron chi connectivity index (χ1n) is 21.7. The van der Waals surface area contributed by atoms with Gasteiger partial charge in [0.1, 0.15) is 29.5 Å². The van der Waals surface area contributed by atoms with Gasteiger partial charge in [0.05, 0.1) is 32.3 Å². The number of methoxy groups -OCH3 is 1. The van der Waals surface area contributed by atoms with Crippen molar-refractivity contribution in [2.24, 2.45) is 4.99 Å². The minimum Gasteiger partial charge on any atom is -0.507 e. The average molecular weight is 820 g/mol. The molecule has 61 heavy (non-hydrogen) atoms. The van der Waals surface area contributed by atoms with E-state index >= 15 is 0 Å². The molecule has 0 aromatic heterocycles. The van der Waals surface area contributed by atoms with Crippen LogP contribution in [0.15, 0.2) is 89.4 Å². The lowest BCUT2D eigenvalue weighted by Gasteiger charge is -2.44. The third kappa shape index (κ3) is 7.15. The van der Waals surface area contributed by atoms with Crippen molar-refractivity contribution < 1.29 is 34.3 Å². The van der Waals surface area contributed by atoms with Gasteiger partial charge in [-0.3, -0.25) is 10.3 Å². The summed E-state index contributed by atoms with van der Waals surface area (Å²) in [4.78, 5) is 4.72. The van der Waals surface area contributed by atoms with E-state index in [0.717, 1.165) is 86.0 Å². The summed E-state index contributed by atoms with van der Waals surface area (Å²) in [6, 6.07) is 26.6. The molecule has 3 aliphatic heterocycles. The van der Waals surface area contributed by atoms with Crippen LogP contribution in [0.3, 0.4) is 0 Å². The molecule has 0 radical (unpaired) electrons. The second-order valence-corrected chi connectivity index (χ2v) is 16.9. The summed E-state index contributed by atoms with van der Waals surface area (Å²) in [5.74, 6) is 2.26. The molecule has 0 fully saturated rings. The minimum atomic E-state index is -0.495. The summed E-state index contributed by atoms with van der Waals surface area (Å²) >= 11 is 0. The van der Waals surface area contributed by atoms with E-state index in [-0.39, 0.29) is 42.1 Å². The predicted molar refractivity (Wildman–Crippen MR) is 235 cm³/mol. The SMILES string of the molecule is CNCO[C@@H]1Cc2c3c(c4c(c2O[C@@H]1c1ccc(O)c(OC)c1)CC[C@H](CO)O4)-c1ccc(O)c2c1[C@H](C3)[C@@H](c1ccc3c(c1)=CCN=3)C(CNCCCc1ccccc1)=C2. The summed E-state index contributed by atoms with van der Waals surface area (Å²) in [6.07, 6.45) is 7.84. The van der Waals surface area contributed by atoms with Crippen LogP contribution >= 0.6 is 0 Å². The van der Waals surface area contributed by atoms with E-state index in [2.05, 4.69) is 77.4 Å². The zero-order valence-electron chi connectivity index (χ0n) is 34.7. The van der Waals surface area contributed by atoms with Gasteiger partial charge < -0.3 is 39.6 Å². The van der Waals surface area contributed by atoms with Gasteiger partial charge in [0.25, 0.3) is 0 Å². The van der Waals surface area contributed by atoms with E-state index in [0.29, 0.717) is 51.3 Å². The molecule has 5 aromatic rings. The standard InChI is InChI=1S/C51H53N3O7/c1-52-28-59-45-25-38-37-24-40-46(31-10-15-41-30(21-31)18-20-54-41)33(26-53-19-6-9-29-7-4-3-5-8-29)22-39-42(56)17-14-35(47(39)40)48(37)51-36(13-12-34(27-55)60-51)50(38)61-49(45)32-11-16-43(57)44(23-32)58-2/h3-5,7-8,10-11,14-18,21-23,34,40,45-46,49,52-53,55-57H,6,9,12-13,19-20,24-28H2,1-2H3/t34-,40-,45-,46+,49-/m1/s1. The molecule has 0 spiro atoms. The van der Waals surface area contributed by atoms with Crippen molar-refractivity contribution in [2.45, 2.75) is 68.7 Å². The number of aliphatic hydroxyl groups is 1. The van der Waals surface area contributed by atoms with Crippen molar-refractivity contribution in [3.63, 3.8) is 0 Å². The van der Waals surface area contributed by atoms with Gasteiger partial charge in [-0.15, -0.1) is 0 Å². The number of aromatic hydroxyl groups is 2.